The van der Waals surface area contributed by atoms with E-state index < -0.39 is 0 Å². The van der Waals surface area contributed by atoms with Gasteiger partial charge in [0.25, 0.3) is 0 Å². The number of hydrogen-bond acceptors (Lipinski definition) is 5. The number of furan rings is 2. The van der Waals surface area contributed by atoms with Crippen LogP contribution in [0, 0.1) is 0 Å². The van der Waals surface area contributed by atoms with Crippen molar-refractivity contribution in [3.05, 3.63) is 164 Å². The van der Waals surface area contributed by atoms with Crippen LogP contribution < -0.4 is 0 Å². The number of benzene rings is 7. The van der Waals surface area contributed by atoms with Crippen molar-refractivity contribution < 1.29 is 8.83 Å². The summed E-state index contributed by atoms with van der Waals surface area (Å²) in [5.41, 5.74) is 10.4. The zero-order chi connectivity index (χ0) is 33.0. The molecule has 0 saturated heterocycles. The van der Waals surface area contributed by atoms with Gasteiger partial charge in [-0.05, 0) is 53.1 Å². The van der Waals surface area contributed by atoms with E-state index in [-0.39, 0.29) is 0 Å². The molecule has 0 spiro atoms. The summed E-state index contributed by atoms with van der Waals surface area (Å²) >= 11 is 0. The van der Waals surface area contributed by atoms with E-state index in [1.807, 2.05) is 72.8 Å². The third-order valence-electron chi connectivity index (χ3n) is 9.35. The molecule has 0 aliphatic heterocycles. The molecule has 10 rings (SSSR count). The molecular weight excluding hydrogens is 615 g/mol. The van der Waals surface area contributed by atoms with E-state index in [9.17, 15) is 0 Å². The Morgan fingerprint density at radius 1 is 0.300 bits per heavy atom. The Labute approximate surface area is 287 Å². The molecule has 0 saturated carbocycles. The molecule has 234 valence electrons. The first kappa shape index (κ1) is 28.2. The quantitative estimate of drug-likeness (QED) is 0.187. The van der Waals surface area contributed by atoms with Crippen molar-refractivity contribution in [1.82, 2.24) is 15.0 Å². The van der Waals surface area contributed by atoms with Crippen molar-refractivity contribution in [3.8, 4) is 56.4 Å². The highest BCUT2D eigenvalue weighted by Gasteiger charge is 2.17. The minimum atomic E-state index is 0.590. The molecule has 3 heterocycles. The first-order valence-electron chi connectivity index (χ1n) is 16.6. The molecule has 0 N–H and O–H groups in total. The third kappa shape index (κ3) is 4.75. The van der Waals surface area contributed by atoms with Gasteiger partial charge in [-0.15, -0.1) is 0 Å². The largest absolute Gasteiger partial charge is 0.456 e. The second kappa shape index (κ2) is 11.4. The highest BCUT2D eigenvalue weighted by atomic mass is 16.3. The maximum atomic E-state index is 6.57. The smallest absolute Gasteiger partial charge is 0.164 e. The summed E-state index contributed by atoms with van der Waals surface area (Å²) in [6.07, 6.45) is 0. The summed E-state index contributed by atoms with van der Waals surface area (Å²) in [5, 5.41) is 4.27. The fourth-order valence-electron chi connectivity index (χ4n) is 6.86. The van der Waals surface area contributed by atoms with Gasteiger partial charge in [-0.25, -0.2) is 15.0 Å². The first-order valence-corrected chi connectivity index (χ1v) is 16.6. The van der Waals surface area contributed by atoms with E-state index in [4.69, 9.17) is 23.8 Å². The summed E-state index contributed by atoms with van der Waals surface area (Å²) in [7, 11) is 0. The second-order valence-corrected chi connectivity index (χ2v) is 12.4. The van der Waals surface area contributed by atoms with E-state index in [0.29, 0.717) is 17.5 Å². The van der Waals surface area contributed by atoms with E-state index in [2.05, 4.69) is 91.0 Å². The minimum Gasteiger partial charge on any atom is -0.456 e. The van der Waals surface area contributed by atoms with Gasteiger partial charge in [0.1, 0.15) is 22.3 Å². The lowest BCUT2D eigenvalue weighted by molar-refractivity contribution is 0.668. The molecule has 3 aromatic heterocycles. The van der Waals surface area contributed by atoms with Crippen molar-refractivity contribution >= 4 is 43.9 Å². The molecule has 0 aliphatic rings. The molecule has 0 fully saturated rings. The van der Waals surface area contributed by atoms with Gasteiger partial charge in [-0.1, -0.05) is 127 Å². The standard InChI is InChI=1S/C45H27N3O2/c1-4-11-28(12-5-1)31-19-22-37-38-18-10-17-34(42(38)50-41(37)25-31)32-20-23-35-36-24-21-33(27-40(36)49-39(35)26-32)45-47-43(29-13-6-2-7-14-29)46-44(48-45)30-15-8-3-9-16-30/h1-27H. The Bertz CT molecular complexity index is 2800. The fourth-order valence-corrected chi connectivity index (χ4v) is 6.86. The van der Waals surface area contributed by atoms with Gasteiger partial charge in [-0.3, -0.25) is 0 Å². The summed E-state index contributed by atoms with van der Waals surface area (Å²) < 4.78 is 13.1. The molecule has 10 aromatic rings. The van der Waals surface area contributed by atoms with Crippen LogP contribution in [0.3, 0.4) is 0 Å². The van der Waals surface area contributed by atoms with Gasteiger partial charge >= 0.3 is 0 Å². The number of fused-ring (bicyclic) bond motifs is 6. The van der Waals surface area contributed by atoms with Gasteiger partial charge in [-0.2, -0.15) is 0 Å². The molecule has 5 nitrogen and oxygen atoms in total. The molecule has 50 heavy (non-hydrogen) atoms. The average Bonchev–Trinajstić information content (AvgIpc) is 3.76. The Kier molecular flexibility index (Phi) is 6.42. The average molecular weight is 642 g/mol. The summed E-state index contributed by atoms with van der Waals surface area (Å²) in [6, 6.07) is 55.7. The van der Waals surface area contributed by atoms with Gasteiger partial charge in [0, 0.05) is 43.8 Å². The molecule has 0 aliphatic carbocycles. The van der Waals surface area contributed by atoms with Crippen LogP contribution in [0.4, 0.5) is 0 Å². The van der Waals surface area contributed by atoms with Crippen LogP contribution in [0.25, 0.3) is 100 Å². The van der Waals surface area contributed by atoms with Crippen LogP contribution in [0.5, 0.6) is 0 Å². The van der Waals surface area contributed by atoms with Gasteiger partial charge in [0.05, 0.1) is 0 Å². The highest BCUT2D eigenvalue weighted by Crippen LogP contribution is 2.40. The Balaban J connectivity index is 1.07. The number of para-hydroxylation sites is 1. The SMILES string of the molecule is c1ccc(-c2ccc3c(c2)oc2c(-c4ccc5c(c4)oc4cc(-c6nc(-c7ccccc7)nc(-c7ccccc7)n6)ccc45)cccc23)cc1. The van der Waals surface area contributed by atoms with E-state index >= 15 is 0 Å². The molecule has 0 radical (unpaired) electrons. The lowest BCUT2D eigenvalue weighted by Gasteiger charge is -2.08. The normalized spacial score (nSPS) is 11.6. The monoisotopic (exact) mass is 641 g/mol. The number of aromatic nitrogens is 3. The summed E-state index contributed by atoms with van der Waals surface area (Å²) in [6.45, 7) is 0. The predicted octanol–water partition coefficient (Wildman–Crippen LogP) is 12.0. The highest BCUT2D eigenvalue weighted by molar-refractivity contribution is 6.12. The van der Waals surface area contributed by atoms with Crippen LogP contribution in [-0.2, 0) is 0 Å². The Morgan fingerprint density at radius 2 is 0.760 bits per heavy atom. The first-order chi connectivity index (χ1) is 24.7. The van der Waals surface area contributed by atoms with E-state index in [1.165, 1.54) is 0 Å². The maximum absolute atomic E-state index is 6.57. The topological polar surface area (TPSA) is 65.0 Å². The zero-order valence-corrected chi connectivity index (χ0v) is 26.7. The van der Waals surface area contributed by atoms with Crippen molar-refractivity contribution in [1.29, 1.82) is 0 Å². The van der Waals surface area contributed by atoms with Crippen molar-refractivity contribution in [2.45, 2.75) is 0 Å². The molecule has 0 bridgehead atoms. The molecule has 0 amide bonds. The van der Waals surface area contributed by atoms with Gasteiger partial charge in [0.15, 0.2) is 17.5 Å². The van der Waals surface area contributed by atoms with Gasteiger partial charge in [0.2, 0.25) is 0 Å². The number of nitrogens with zero attached hydrogens (tertiary/aromatic N) is 3. The van der Waals surface area contributed by atoms with Crippen LogP contribution >= 0.6 is 0 Å². The lowest BCUT2D eigenvalue weighted by atomic mass is 10.00. The minimum absolute atomic E-state index is 0.590. The third-order valence-corrected chi connectivity index (χ3v) is 9.35. The van der Waals surface area contributed by atoms with Crippen LogP contribution in [-0.4, -0.2) is 15.0 Å². The van der Waals surface area contributed by atoms with Crippen LogP contribution in [0.1, 0.15) is 0 Å². The molecule has 5 heteroatoms. The fraction of sp³-hybridized carbons (Fsp3) is 0. The predicted molar refractivity (Wildman–Crippen MR) is 202 cm³/mol. The van der Waals surface area contributed by atoms with Crippen LogP contribution in [0.2, 0.25) is 0 Å². The molecular formula is C45H27N3O2. The van der Waals surface area contributed by atoms with Crippen molar-refractivity contribution in [2.75, 3.05) is 0 Å². The molecule has 0 atom stereocenters. The summed E-state index contributed by atoms with van der Waals surface area (Å²) in [5.74, 6) is 1.84. The van der Waals surface area contributed by atoms with Gasteiger partial charge < -0.3 is 8.83 Å². The molecule has 0 unspecified atom stereocenters. The van der Waals surface area contributed by atoms with Crippen molar-refractivity contribution in [2.24, 2.45) is 0 Å². The number of rotatable bonds is 5. The Morgan fingerprint density at radius 3 is 1.38 bits per heavy atom. The Hall–Kier alpha value is -6.85. The second-order valence-electron chi connectivity index (χ2n) is 12.4. The molecule has 7 aromatic carbocycles. The van der Waals surface area contributed by atoms with Crippen LogP contribution in [0.15, 0.2) is 173 Å². The number of hydrogen-bond donors (Lipinski definition) is 0. The van der Waals surface area contributed by atoms with Crippen molar-refractivity contribution in [3.63, 3.8) is 0 Å². The zero-order valence-electron chi connectivity index (χ0n) is 26.7. The van der Waals surface area contributed by atoms with E-state index in [1.54, 1.807) is 0 Å². The maximum Gasteiger partial charge on any atom is 0.164 e. The summed E-state index contributed by atoms with van der Waals surface area (Å²) in [4.78, 5) is 14.7. The lowest BCUT2D eigenvalue weighted by Crippen LogP contribution is -2.00. The van der Waals surface area contributed by atoms with E-state index in [0.717, 1.165) is 82.8 Å².